The van der Waals surface area contributed by atoms with Gasteiger partial charge in [0.15, 0.2) is 0 Å². The number of hydrogen-bond acceptors (Lipinski definition) is 7. The van der Waals surface area contributed by atoms with Crippen LogP contribution < -0.4 is 16.0 Å². The Morgan fingerprint density at radius 2 is 1.86 bits per heavy atom. The van der Waals surface area contributed by atoms with E-state index < -0.39 is 41.7 Å². The van der Waals surface area contributed by atoms with E-state index in [1.54, 1.807) is 30.3 Å². The third-order valence-electron chi connectivity index (χ3n) is 10.1. The summed E-state index contributed by atoms with van der Waals surface area (Å²) in [5.41, 5.74) is -1.94. The number of carbonyl (C=O) groups excluding carboxylic acids is 2. The summed E-state index contributed by atoms with van der Waals surface area (Å²) < 4.78 is 34.0. The molecule has 1 saturated heterocycles. The molecule has 0 unspecified atom stereocenters. The van der Waals surface area contributed by atoms with E-state index in [2.05, 4.69) is 31.1 Å². The number of hydrogen-bond donors (Lipinski definition) is 3. The van der Waals surface area contributed by atoms with Gasteiger partial charge in [-0.2, -0.15) is 0 Å². The molecule has 3 fully saturated rings. The second-order valence-electron chi connectivity index (χ2n) is 12.5. The van der Waals surface area contributed by atoms with Crippen LogP contribution in [0.1, 0.15) is 67.4 Å². The molecule has 4 aliphatic rings. The highest BCUT2D eigenvalue weighted by atomic mass is 35.5. The number of carbonyl (C=O) groups is 2. The van der Waals surface area contributed by atoms with E-state index in [0.717, 1.165) is 12.8 Å². The van der Waals surface area contributed by atoms with Crippen molar-refractivity contribution in [1.29, 1.82) is 0 Å². The Morgan fingerprint density at radius 3 is 2.53 bits per heavy atom. The SMILES string of the molecule is O=C(N[C@H]1CC[C@H](c2nnco2)CC1)[C@@H]1NC2(CC(CF)(CF)C2)[C@@]2(C(=O)Nc3cc(Cl)ccc32)[C@H]1c1ccnc(Cl)c1. The van der Waals surface area contributed by atoms with Crippen LogP contribution >= 0.6 is 23.2 Å². The van der Waals surface area contributed by atoms with Crippen molar-refractivity contribution < 1.29 is 22.8 Å². The molecule has 0 radical (unpaired) electrons. The van der Waals surface area contributed by atoms with Crippen molar-refractivity contribution in [3.05, 3.63) is 70.1 Å². The number of nitrogens with zero attached hydrogens (tertiary/aromatic N) is 3. The van der Waals surface area contributed by atoms with Crippen molar-refractivity contribution in [1.82, 2.24) is 25.8 Å². The van der Waals surface area contributed by atoms with Crippen LogP contribution in [0.15, 0.2) is 47.3 Å². The van der Waals surface area contributed by atoms with Gasteiger partial charge in [0, 0.05) is 45.7 Å². The monoisotopic (exact) mass is 630 g/mol. The molecule has 2 aliphatic carbocycles. The van der Waals surface area contributed by atoms with Gasteiger partial charge in [-0.15, -0.1) is 10.2 Å². The van der Waals surface area contributed by atoms with E-state index in [-0.39, 0.29) is 41.8 Å². The van der Waals surface area contributed by atoms with Gasteiger partial charge in [-0.3, -0.25) is 23.7 Å². The fourth-order valence-corrected chi connectivity index (χ4v) is 8.73. The first kappa shape index (κ1) is 28.6. The molecule has 13 heteroatoms. The van der Waals surface area contributed by atoms with E-state index in [4.69, 9.17) is 27.6 Å². The molecule has 43 heavy (non-hydrogen) atoms. The summed E-state index contributed by atoms with van der Waals surface area (Å²) in [7, 11) is 0. The Labute approximate surface area is 256 Å². The van der Waals surface area contributed by atoms with Crippen LogP contribution in [0, 0.1) is 5.41 Å². The smallest absolute Gasteiger partial charge is 0.238 e. The summed E-state index contributed by atoms with van der Waals surface area (Å²) in [5, 5.41) is 18.1. The molecular formula is C30H30Cl2F2N6O3. The maximum absolute atomic E-state index is 14.4. The van der Waals surface area contributed by atoms with Crippen molar-refractivity contribution >= 4 is 40.7 Å². The highest BCUT2D eigenvalue weighted by Gasteiger charge is 2.77. The zero-order valence-corrected chi connectivity index (χ0v) is 24.6. The van der Waals surface area contributed by atoms with Crippen LogP contribution in [0.25, 0.3) is 0 Å². The quantitative estimate of drug-likeness (QED) is 0.327. The molecule has 3 N–H and O–H groups in total. The summed E-state index contributed by atoms with van der Waals surface area (Å²) in [6.07, 6.45) is 5.90. The molecule has 4 heterocycles. The molecule has 226 valence electrons. The first-order chi connectivity index (χ1) is 20.7. The van der Waals surface area contributed by atoms with Gasteiger partial charge in [-0.05, 0) is 73.9 Å². The average molecular weight is 632 g/mol. The molecule has 9 nitrogen and oxygen atoms in total. The third-order valence-corrected chi connectivity index (χ3v) is 10.6. The standard InChI is InChI=1S/C30H30Cl2F2N6O3/c31-18-3-6-20-21(10-18)38-27(42)30(20)23(17-7-8-35-22(32)9-17)24(39-29(30)11-28(12-29,13-33)14-34)25(41)37-19-4-1-16(2-5-19)26-40-36-15-43-26/h3,6-10,15-16,19,23-24,39H,1-2,4-5,11-14H2,(H,37,41)(H,38,42)/t16-,19-,23-,24+,30+/m0/s1. The van der Waals surface area contributed by atoms with Gasteiger partial charge in [-0.25, -0.2) is 4.98 Å². The summed E-state index contributed by atoms with van der Waals surface area (Å²) >= 11 is 12.7. The average Bonchev–Trinajstić information content (AvgIpc) is 3.69. The summed E-state index contributed by atoms with van der Waals surface area (Å²) in [5.74, 6) is -0.669. The van der Waals surface area contributed by atoms with Gasteiger partial charge in [0.1, 0.15) is 10.6 Å². The molecule has 7 rings (SSSR count). The van der Waals surface area contributed by atoms with Crippen LogP contribution in [0.2, 0.25) is 10.2 Å². The second-order valence-corrected chi connectivity index (χ2v) is 13.3. The Hall–Kier alpha value is -3.15. The van der Waals surface area contributed by atoms with E-state index >= 15 is 0 Å². The maximum Gasteiger partial charge on any atom is 0.238 e. The molecule has 0 bridgehead atoms. The number of alkyl halides is 2. The normalized spacial score (nSPS) is 30.2. The van der Waals surface area contributed by atoms with Gasteiger partial charge in [0.25, 0.3) is 0 Å². The van der Waals surface area contributed by atoms with Crippen molar-refractivity contribution in [3.63, 3.8) is 0 Å². The fraction of sp³-hybridized carbons (Fsp3) is 0.500. The van der Waals surface area contributed by atoms with Crippen molar-refractivity contribution in [2.24, 2.45) is 5.41 Å². The topological polar surface area (TPSA) is 122 Å². The number of benzene rings is 1. The van der Waals surface area contributed by atoms with Crippen molar-refractivity contribution in [2.75, 3.05) is 18.7 Å². The number of fused-ring (bicyclic) bond motifs is 3. The number of halogens is 4. The zero-order chi connectivity index (χ0) is 30.0. The van der Waals surface area contributed by atoms with Gasteiger partial charge >= 0.3 is 0 Å². The number of pyridine rings is 1. The zero-order valence-electron chi connectivity index (χ0n) is 23.1. The van der Waals surface area contributed by atoms with Crippen molar-refractivity contribution in [2.45, 2.75) is 73.4 Å². The Bertz CT molecular complexity index is 1550. The summed E-state index contributed by atoms with van der Waals surface area (Å²) in [6.45, 7) is -1.74. The lowest BCUT2D eigenvalue weighted by molar-refractivity contribution is -0.131. The van der Waals surface area contributed by atoms with Crippen LogP contribution in [-0.2, 0) is 15.0 Å². The minimum absolute atomic E-state index is 0.0386. The van der Waals surface area contributed by atoms with E-state index in [9.17, 15) is 18.4 Å². The van der Waals surface area contributed by atoms with Gasteiger partial charge in [-0.1, -0.05) is 29.3 Å². The predicted molar refractivity (Wildman–Crippen MR) is 154 cm³/mol. The first-order valence-corrected chi connectivity index (χ1v) is 15.2. The first-order valence-electron chi connectivity index (χ1n) is 14.4. The number of amides is 2. The van der Waals surface area contributed by atoms with Crippen LogP contribution in [0.5, 0.6) is 0 Å². The molecule has 2 amide bonds. The predicted octanol–water partition coefficient (Wildman–Crippen LogP) is 5.02. The summed E-state index contributed by atoms with van der Waals surface area (Å²) in [6, 6.07) is 7.52. The molecule has 3 aromatic rings. The highest BCUT2D eigenvalue weighted by molar-refractivity contribution is 6.31. The molecule has 1 aromatic carbocycles. The van der Waals surface area contributed by atoms with Gasteiger partial charge in [0.05, 0.1) is 19.4 Å². The van der Waals surface area contributed by atoms with Gasteiger partial charge < -0.3 is 15.1 Å². The lowest BCUT2D eigenvalue weighted by atomic mass is 9.46. The summed E-state index contributed by atoms with van der Waals surface area (Å²) in [4.78, 5) is 32.7. The number of anilines is 1. The Balaban J connectivity index is 1.29. The van der Waals surface area contributed by atoms with Crippen LogP contribution in [0.3, 0.4) is 0 Å². The Morgan fingerprint density at radius 1 is 1.09 bits per heavy atom. The molecule has 2 spiro atoms. The minimum Gasteiger partial charge on any atom is -0.428 e. The van der Waals surface area contributed by atoms with Gasteiger partial charge in [0.2, 0.25) is 24.1 Å². The number of rotatable bonds is 6. The third kappa shape index (κ3) is 4.29. The molecular weight excluding hydrogens is 601 g/mol. The lowest BCUT2D eigenvalue weighted by Gasteiger charge is -2.59. The minimum atomic E-state index is -1.37. The number of aromatic nitrogens is 3. The molecule has 2 saturated carbocycles. The van der Waals surface area contributed by atoms with E-state index in [1.165, 1.54) is 12.6 Å². The van der Waals surface area contributed by atoms with E-state index in [0.29, 0.717) is 40.6 Å². The van der Waals surface area contributed by atoms with E-state index in [1.807, 2.05) is 0 Å². The fourth-order valence-electron chi connectivity index (χ4n) is 8.37. The largest absolute Gasteiger partial charge is 0.428 e. The second kappa shape index (κ2) is 10.5. The van der Waals surface area contributed by atoms with Crippen molar-refractivity contribution in [3.8, 4) is 0 Å². The highest BCUT2D eigenvalue weighted by Crippen LogP contribution is 2.68. The molecule has 2 aromatic heterocycles. The Kier molecular flexibility index (Phi) is 6.98. The molecule has 3 atom stereocenters. The maximum atomic E-state index is 14.4. The van der Waals surface area contributed by atoms with Crippen LogP contribution in [-0.4, -0.2) is 58.0 Å². The van der Waals surface area contributed by atoms with Crippen LogP contribution in [0.4, 0.5) is 14.5 Å². The number of nitrogens with one attached hydrogen (secondary N) is 3. The molecule has 2 aliphatic heterocycles. The lowest BCUT2D eigenvalue weighted by Crippen LogP contribution is -2.70.